The van der Waals surface area contributed by atoms with Crippen LogP contribution in [0.25, 0.3) is 11.0 Å². The van der Waals surface area contributed by atoms with Gasteiger partial charge in [-0.1, -0.05) is 5.16 Å². The van der Waals surface area contributed by atoms with Crippen LogP contribution in [0.2, 0.25) is 0 Å². The van der Waals surface area contributed by atoms with Gasteiger partial charge in [0.25, 0.3) is 0 Å². The van der Waals surface area contributed by atoms with Crippen molar-refractivity contribution in [2.75, 3.05) is 38.1 Å². The van der Waals surface area contributed by atoms with Crippen LogP contribution in [-0.4, -0.2) is 43.3 Å². The van der Waals surface area contributed by atoms with E-state index in [0.29, 0.717) is 5.58 Å². The lowest BCUT2D eigenvalue weighted by molar-refractivity contribution is 0.310. The van der Waals surface area contributed by atoms with Gasteiger partial charge in [-0.2, -0.15) is 0 Å². The number of anilines is 1. The molecule has 0 amide bonds. The van der Waals surface area contributed by atoms with Gasteiger partial charge in [0.05, 0.1) is 5.39 Å². The van der Waals surface area contributed by atoms with Gasteiger partial charge < -0.3 is 14.3 Å². The molecule has 0 N–H and O–H groups in total. The zero-order valence-corrected chi connectivity index (χ0v) is 9.69. The number of halogens is 1. The van der Waals surface area contributed by atoms with Crippen LogP contribution in [0, 0.1) is 5.82 Å². The highest BCUT2D eigenvalue weighted by atomic mass is 19.1. The van der Waals surface area contributed by atoms with E-state index in [-0.39, 0.29) is 5.82 Å². The maximum atomic E-state index is 13.2. The van der Waals surface area contributed by atoms with Gasteiger partial charge in [-0.15, -0.1) is 0 Å². The Hall–Kier alpha value is -1.62. The van der Waals surface area contributed by atoms with E-state index in [9.17, 15) is 4.39 Å². The first-order valence-corrected chi connectivity index (χ1v) is 5.72. The Kier molecular flexibility index (Phi) is 2.48. The smallest absolute Gasteiger partial charge is 0.180 e. The molecule has 5 heteroatoms. The summed E-state index contributed by atoms with van der Waals surface area (Å²) >= 11 is 0. The van der Waals surface area contributed by atoms with Gasteiger partial charge in [-0.05, 0) is 25.2 Å². The Morgan fingerprint density at radius 1 is 1.24 bits per heavy atom. The van der Waals surface area contributed by atoms with Crippen LogP contribution >= 0.6 is 0 Å². The average Bonchev–Trinajstić information content (AvgIpc) is 2.73. The third-order valence-corrected chi connectivity index (χ3v) is 3.22. The summed E-state index contributed by atoms with van der Waals surface area (Å²) in [5.41, 5.74) is 0.639. The van der Waals surface area contributed by atoms with Gasteiger partial charge in [0.15, 0.2) is 11.4 Å². The Morgan fingerprint density at radius 3 is 2.76 bits per heavy atom. The SMILES string of the molecule is CN1CCN(c2noc3ccc(F)cc23)CC1. The van der Waals surface area contributed by atoms with Crippen LogP contribution < -0.4 is 4.90 Å². The van der Waals surface area contributed by atoms with Crippen LogP contribution in [0.4, 0.5) is 10.2 Å². The van der Waals surface area contributed by atoms with Crippen molar-refractivity contribution in [2.45, 2.75) is 0 Å². The number of rotatable bonds is 1. The lowest BCUT2D eigenvalue weighted by atomic mass is 10.2. The molecule has 17 heavy (non-hydrogen) atoms. The minimum Gasteiger partial charge on any atom is -0.354 e. The zero-order valence-electron chi connectivity index (χ0n) is 9.69. The summed E-state index contributed by atoms with van der Waals surface area (Å²) in [4.78, 5) is 4.41. The lowest BCUT2D eigenvalue weighted by Gasteiger charge is -2.32. The third kappa shape index (κ3) is 1.86. The average molecular weight is 235 g/mol. The molecular formula is C12H14FN3O. The Labute approximate surface area is 98.6 Å². The summed E-state index contributed by atoms with van der Waals surface area (Å²) < 4.78 is 18.4. The highest BCUT2D eigenvalue weighted by Gasteiger charge is 2.20. The van der Waals surface area contributed by atoms with E-state index in [1.807, 2.05) is 0 Å². The fourth-order valence-corrected chi connectivity index (χ4v) is 2.14. The summed E-state index contributed by atoms with van der Waals surface area (Å²) in [7, 11) is 2.10. The Morgan fingerprint density at radius 2 is 2.00 bits per heavy atom. The zero-order chi connectivity index (χ0) is 11.8. The van der Waals surface area contributed by atoms with Gasteiger partial charge in [-0.3, -0.25) is 0 Å². The second kappa shape index (κ2) is 4.00. The van der Waals surface area contributed by atoms with E-state index >= 15 is 0 Å². The standard InChI is InChI=1S/C12H14FN3O/c1-15-4-6-16(7-5-15)12-10-8-9(13)2-3-11(10)17-14-12/h2-3,8H,4-7H2,1H3. The number of hydrogen-bond donors (Lipinski definition) is 0. The molecule has 1 aliphatic heterocycles. The molecule has 3 rings (SSSR count). The minimum atomic E-state index is -0.254. The maximum absolute atomic E-state index is 13.2. The summed E-state index contributed by atoms with van der Waals surface area (Å²) in [5, 5.41) is 4.81. The first-order valence-electron chi connectivity index (χ1n) is 5.72. The first-order chi connectivity index (χ1) is 8.24. The summed E-state index contributed by atoms with van der Waals surface area (Å²) in [6, 6.07) is 4.50. The summed E-state index contributed by atoms with van der Waals surface area (Å²) in [6.45, 7) is 3.77. The van der Waals surface area contributed by atoms with Gasteiger partial charge >= 0.3 is 0 Å². The largest absolute Gasteiger partial charge is 0.354 e. The molecule has 2 heterocycles. The number of benzene rings is 1. The van der Waals surface area contributed by atoms with E-state index in [4.69, 9.17) is 4.52 Å². The lowest BCUT2D eigenvalue weighted by Crippen LogP contribution is -2.44. The second-order valence-corrected chi connectivity index (χ2v) is 4.44. The Balaban J connectivity index is 1.97. The number of likely N-dealkylation sites (N-methyl/N-ethyl adjacent to an activating group) is 1. The van der Waals surface area contributed by atoms with Crippen LogP contribution in [0.5, 0.6) is 0 Å². The second-order valence-electron chi connectivity index (χ2n) is 4.44. The molecule has 4 nitrogen and oxygen atoms in total. The number of nitrogens with zero attached hydrogens (tertiary/aromatic N) is 3. The molecular weight excluding hydrogens is 221 g/mol. The molecule has 0 unspecified atom stereocenters. The molecule has 2 aromatic rings. The molecule has 0 aliphatic carbocycles. The van der Waals surface area contributed by atoms with Gasteiger partial charge in [0.1, 0.15) is 5.82 Å². The van der Waals surface area contributed by atoms with E-state index in [0.717, 1.165) is 37.4 Å². The number of aromatic nitrogens is 1. The molecule has 1 aromatic carbocycles. The van der Waals surface area contributed by atoms with Crippen molar-refractivity contribution in [3.05, 3.63) is 24.0 Å². The molecule has 1 aromatic heterocycles. The van der Waals surface area contributed by atoms with Crippen LogP contribution in [-0.2, 0) is 0 Å². The van der Waals surface area contributed by atoms with Gasteiger partial charge in [0, 0.05) is 26.2 Å². The quantitative estimate of drug-likeness (QED) is 0.753. The molecule has 0 atom stereocenters. The summed E-state index contributed by atoms with van der Waals surface area (Å²) in [6.07, 6.45) is 0. The highest BCUT2D eigenvalue weighted by molar-refractivity contribution is 5.88. The molecule has 0 radical (unpaired) electrons. The van der Waals surface area contributed by atoms with Crippen molar-refractivity contribution in [3.63, 3.8) is 0 Å². The van der Waals surface area contributed by atoms with Crippen molar-refractivity contribution in [2.24, 2.45) is 0 Å². The Bertz CT molecular complexity index is 532. The third-order valence-electron chi connectivity index (χ3n) is 3.22. The number of hydrogen-bond acceptors (Lipinski definition) is 4. The van der Waals surface area contributed by atoms with E-state index in [1.54, 1.807) is 6.07 Å². The van der Waals surface area contributed by atoms with Gasteiger partial charge in [0.2, 0.25) is 0 Å². The molecule has 1 fully saturated rings. The van der Waals surface area contributed by atoms with E-state index in [1.165, 1.54) is 12.1 Å². The van der Waals surface area contributed by atoms with Crippen molar-refractivity contribution in [3.8, 4) is 0 Å². The van der Waals surface area contributed by atoms with Crippen molar-refractivity contribution >= 4 is 16.8 Å². The van der Waals surface area contributed by atoms with Crippen molar-refractivity contribution < 1.29 is 8.91 Å². The monoisotopic (exact) mass is 235 g/mol. The predicted molar refractivity (Wildman–Crippen MR) is 63.7 cm³/mol. The molecule has 0 saturated carbocycles. The van der Waals surface area contributed by atoms with Crippen LogP contribution in [0.3, 0.4) is 0 Å². The van der Waals surface area contributed by atoms with Crippen LogP contribution in [0.15, 0.2) is 22.7 Å². The van der Waals surface area contributed by atoms with Gasteiger partial charge in [-0.25, -0.2) is 4.39 Å². The predicted octanol–water partition coefficient (Wildman–Crippen LogP) is 1.72. The maximum Gasteiger partial charge on any atom is 0.180 e. The van der Waals surface area contributed by atoms with Crippen molar-refractivity contribution in [1.29, 1.82) is 0 Å². The normalized spacial score (nSPS) is 17.9. The van der Waals surface area contributed by atoms with E-state index < -0.39 is 0 Å². The minimum absolute atomic E-state index is 0.254. The fourth-order valence-electron chi connectivity index (χ4n) is 2.14. The van der Waals surface area contributed by atoms with Crippen LogP contribution in [0.1, 0.15) is 0 Å². The molecule has 1 aliphatic rings. The molecule has 0 bridgehead atoms. The fraction of sp³-hybridized carbons (Fsp3) is 0.417. The summed E-state index contributed by atoms with van der Waals surface area (Å²) in [5.74, 6) is 0.503. The molecule has 1 saturated heterocycles. The topological polar surface area (TPSA) is 32.5 Å². The number of piperazine rings is 1. The molecule has 90 valence electrons. The molecule has 0 spiro atoms. The highest BCUT2D eigenvalue weighted by Crippen LogP contribution is 2.27. The van der Waals surface area contributed by atoms with Crippen molar-refractivity contribution in [1.82, 2.24) is 10.1 Å². The van der Waals surface area contributed by atoms with E-state index in [2.05, 4.69) is 22.0 Å². The number of fused-ring (bicyclic) bond motifs is 1. The first kappa shape index (κ1) is 10.5.